The first-order chi connectivity index (χ1) is 9.61. The van der Waals surface area contributed by atoms with E-state index in [9.17, 15) is 4.39 Å². The van der Waals surface area contributed by atoms with Crippen LogP contribution >= 0.6 is 15.9 Å². The highest BCUT2D eigenvalue weighted by Gasteiger charge is 2.20. The van der Waals surface area contributed by atoms with Crippen molar-refractivity contribution >= 4 is 21.9 Å². The van der Waals surface area contributed by atoms with Crippen molar-refractivity contribution in [2.45, 2.75) is 18.9 Å². The molecule has 2 heterocycles. The van der Waals surface area contributed by atoms with Crippen LogP contribution in [-0.2, 0) is 0 Å². The van der Waals surface area contributed by atoms with Gasteiger partial charge < -0.3 is 10.6 Å². The molecule has 1 aliphatic heterocycles. The monoisotopic (exact) mass is 339 g/mol. The molecular weight excluding hydrogens is 325 g/mol. The zero-order valence-corrected chi connectivity index (χ0v) is 12.4. The Labute approximate surface area is 124 Å². The molecule has 2 aromatic rings. The molecule has 0 spiro atoms. The molecule has 1 saturated heterocycles. The molecule has 0 aliphatic carbocycles. The topological polar surface area (TPSA) is 70.8 Å². The molecule has 1 aromatic heterocycles. The predicted octanol–water partition coefficient (Wildman–Crippen LogP) is 2.30. The van der Waals surface area contributed by atoms with Gasteiger partial charge in [0.1, 0.15) is 5.82 Å². The molecule has 5 nitrogen and oxygen atoms in total. The second-order valence-electron chi connectivity index (χ2n) is 4.99. The Morgan fingerprint density at radius 2 is 2.25 bits per heavy atom. The number of aromatic nitrogens is 3. The number of nitrogens with zero attached hydrogens (tertiary/aromatic N) is 3. The summed E-state index contributed by atoms with van der Waals surface area (Å²) in [6.07, 6.45) is 2.07. The van der Waals surface area contributed by atoms with E-state index >= 15 is 0 Å². The van der Waals surface area contributed by atoms with Crippen LogP contribution in [0.3, 0.4) is 0 Å². The molecule has 1 unspecified atom stereocenters. The minimum absolute atomic E-state index is 0.161. The Hall–Kier alpha value is -1.47. The van der Waals surface area contributed by atoms with Gasteiger partial charge in [-0.05, 0) is 31.0 Å². The lowest BCUT2D eigenvalue weighted by Gasteiger charge is -2.29. The summed E-state index contributed by atoms with van der Waals surface area (Å²) in [6.45, 7) is 1.65. The Kier molecular flexibility index (Phi) is 3.71. The quantitative estimate of drug-likeness (QED) is 0.880. The fourth-order valence-corrected chi connectivity index (χ4v) is 2.87. The van der Waals surface area contributed by atoms with Gasteiger partial charge in [0.05, 0.1) is 0 Å². The fraction of sp³-hybridized carbons (Fsp3) is 0.385. The van der Waals surface area contributed by atoms with Crippen LogP contribution in [0.4, 0.5) is 10.3 Å². The second kappa shape index (κ2) is 5.49. The first kappa shape index (κ1) is 13.5. The summed E-state index contributed by atoms with van der Waals surface area (Å²) in [6, 6.07) is 4.80. The molecule has 0 amide bonds. The summed E-state index contributed by atoms with van der Waals surface area (Å²) in [5, 5.41) is 7.06. The van der Waals surface area contributed by atoms with Crippen LogP contribution in [0.25, 0.3) is 11.4 Å². The minimum atomic E-state index is -0.313. The minimum Gasteiger partial charge on any atom is -0.338 e. The van der Waals surface area contributed by atoms with Crippen LogP contribution in [0.2, 0.25) is 0 Å². The molecule has 1 fully saturated rings. The first-order valence-corrected chi connectivity index (χ1v) is 7.30. The highest BCUT2D eigenvalue weighted by atomic mass is 79.9. The largest absolute Gasteiger partial charge is 0.338 e. The highest BCUT2D eigenvalue weighted by molar-refractivity contribution is 9.10. The molecule has 3 N–H and O–H groups in total. The molecule has 1 aliphatic rings. The van der Waals surface area contributed by atoms with Gasteiger partial charge in [0.25, 0.3) is 0 Å². The van der Waals surface area contributed by atoms with Crippen molar-refractivity contribution in [3.05, 3.63) is 28.5 Å². The van der Waals surface area contributed by atoms with Crippen molar-refractivity contribution in [1.82, 2.24) is 15.2 Å². The summed E-state index contributed by atoms with van der Waals surface area (Å²) in [7, 11) is 0. The summed E-state index contributed by atoms with van der Waals surface area (Å²) >= 11 is 3.27. The van der Waals surface area contributed by atoms with E-state index in [0.717, 1.165) is 25.9 Å². The Balaban J connectivity index is 1.86. The first-order valence-electron chi connectivity index (χ1n) is 6.51. The van der Waals surface area contributed by atoms with Crippen LogP contribution < -0.4 is 10.6 Å². The van der Waals surface area contributed by atoms with Crippen molar-refractivity contribution in [3.8, 4) is 11.4 Å². The predicted molar refractivity (Wildman–Crippen MR) is 78.9 cm³/mol. The van der Waals surface area contributed by atoms with E-state index in [-0.39, 0.29) is 11.9 Å². The van der Waals surface area contributed by atoms with Gasteiger partial charge in [-0.15, -0.1) is 5.10 Å². The third-order valence-corrected chi connectivity index (χ3v) is 3.81. The average Bonchev–Trinajstić information content (AvgIpc) is 2.87. The molecular formula is C13H15BrFN5. The maximum absolute atomic E-state index is 13.4. The van der Waals surface area contributed by atoms with Crippen LogP contribution in [0.5, 0.6) is 0 Å². The summed E-state index contributed by atoms with van der Waals surface area (Å²) < 4.78 is 14.1. The van der Waals surface area contributed by atoms with Gasteiger partial charge in [-0.2, -0.15) is 4.98 Å². The van der Waals surface area contributed by atoms with Crippen LogP contribution in [0.1, 0.15) is 12.8 Å². The Morgan fingerprint density at radius 1 is 1.40 bits per heavy atom. The number of benzene rings is 1. The van der Waals surface area contributed by atoms with E-state index in [4.69, 9.17) is 5.73 Å². The van der Waals surface area contributed by atoms with Crippen LogP contribution in [-0.4, -0.2) is 34.3 Å². The smallest absolute Gasteiger partial charge is 0.245 e. The van der Waals surface area contributed by atoms with Gasteiger partial charge in [-0.1, -0.05) is 15.9 Å². The van der Waals surface area contributed by atoms with Crippen molar-refractivity contribution < 1.29 is 4.39 Å². The zero-order chi connectivity index (χ0) is 14.1. The Bertz CT molecular complexity index is 594. The van der Waals surface area contributed by atoms with Gasteiger partial charge in [0, 0.05) is 29.2 Å². The SMILES string of the molecule is NC1CCCN(c2n[nH]c(-c3cc(F)cc(Br)c3)n2)C1. The number of nitrogens with two attached hydrogens (primary N) is 1. The van der Waals surface area contributed by atoms with Crippen molar-refractivity contribution in [1.29, 1.82) is 0 Å². The number of H-pyrrole nitrogens is 1. The maximum atomic E-state index is 13.4. The van der Waals surface area contributed by atoms with E-state index in [1.807, 2.05) is 0 Å². The number of aromatic amines is 1. The van der Waals surface area contributed by atoms with Gasteiger partial charge >= 0.3 is 0 Å². The fourth-order valence-electron chi connectivity index (χ4n) is 2.41. The second-order valence-corrected chi connectivity index (χ2v) is 5.91. The summed E-state index contributed by atoms with van der Waals surface area (Å²) in [4.78, 5) is 6.50. The normalized spacial score (nSPS) is 19.4. The summed E-state index contributed by atoms with van der Waals surface area (Å²) in [5.41, 5.74) is 6.62. The number of rotatable bonds is 2. The molecule has 0 saturated carbocycles. The van der Waals surface area contributed by atoms with Crippen LogP contribution in [0, 0.1) is 5.82 Å². The lowest BCUT2D eigenvalue weighted by Crippen LogP contribution is -2.43. The van der Waals surface area contributed by atoms with E-state index in [2.05, 4.69) is 36.0 Å². The number of nitrogens with one attached hydrogen (secondary N) is 1. The van der Waals surface area contributed by atoms with E-state index < -0.39 is 0 Å². The van der Waals surface area contributed by atoms with Crippen molar-refractivity contribution in [2.75, 3.05) is 18.0 Å². The zero-order valence-electron chi connectivity index (χ0n) is 10.8. The van der Waals surface area contributed by atoms with E-state index in [0.29, 0.717) is 21.8 Å². The third kappa shape index (κ3) is 2.83. The lowest BCUT2D eigenvalue weighted by atomic mass is 10.1. The molecule has 20 heavy (non-hydrogen) atoms. The van der Waals surface area contributed by atoms with E-state index in [1.54, 1.807) is 6.07 Å². The van der Waals surface area contributed by atoms with Crippen LogP contribution in [0.15, 0.2) is 22.7 Å². The van der Waals surface area contributed by atoms with E-state index in [1.165, 1.54) is 12.1 Å². The molecule has 3 rings (SSSR count). The molecule has 1 atom stereocenters. The molecule has 106 valence electrons. The highest BCUT2D eigenvalue weighted by Crippen LogP contribution is 2.24. The maximum Gasteiger partial charge on any atom is 0.245 e. The third-order valence-electron chi connectivity index (χ3n) is 3.35. The molecule has 0 radical (unpaired) electrons. The van der Waals surface area contributed by atoms with Crippen molar-refractivity contribution in [3.63, 3.8) is 0 Å². The van der Waals surface area contributed by atoms with Gasteiger partial charge in [-0.3, -0.25) is 5.10 Å². The summed E-state index contributed by atoms with van der Waals surface area (Å²) in [5.74, 6) is 0.863. The van der Waals surface area contributed by atoms with Gasteiger partial charge in [0.15, 0.2) is 5.82 Å². The van der Waals surface area contributed by atoms with Gasteiger partial charge in [-0.25, -0.2) is 4.39 Å². The number of anilines is 1. The standard InChI is InChI=1S/C13H15BrFN5/c14-9-4-8(5-10(15)6-9)12-17-13(19-18-12)20-3-1-2-11(16)7-20/h4-6,11H,1-3,7,16H2,(H,17,18,19). The molecule has 7 heteroatoms. The van der Waals surface area contributed by atoms with Crippen molar-refractivity contribution in [2.24, 2.45) is 5.73 Å². The average molecular weight is 340 g/mol. The molecule has 0 bridgehead atoms. The Morgan fingerprint density at radius 3 is 3.00 bits per heavy atom. The lowest BCUT2D eigenvalue weighted by molar-refractivity contribution is 0.500. The number of hydrogen-bond acceptors (Lipinski definition) is 4. The number of halogens is 2. The van der Waals surface area contributed by atoms with Gasteiger partial charge in [0.2, 0.25) is 5.95 Å². The molecule has 1 aromatic carbocycles. The number of hydrogen-bond donors (Lipinski definition) is 2. The number of piperidine rings is 1.